The zero-order chi connectivity index (χ0) is 17.2. The van der Waals surface area contributed by atoms with E-state index in [1.165, 1.54) is 0 Å². The van der Waals surface area contributed by atoms with Gasteiger partial charge in [-0.25, -0.2) is 9.78 Å². The van der Waals surface area contributed by atoms with Crippen LogP contribution in [0.4, 0.5) is 10.5 Å². The van der Waals surface area contributed by atoms with Crippen LogP contribution in [0.3, 0.4) is 0 Å². The maximum atomic E-state index is 12.2. The van der Waals surface area contributed by atoms with Gasteiger partial charge in [0.15, 0.2) is 0 Å². The number of fused-ring (bicyclic) bond motifs is 2. The first-order valence-electron chi connectivity index (χ1n) is 7.89. The first-order chi connectivity index (χ1) is 12.2. The predicted octanol–water partition coefficient (Wildman–Crippen LogP) is 3.74. The number of carbonyl (C=O) groups is 1. The van der Waals surface area contributed by atoms with Crippen molar-refractivity contribution in [1.29, 1.82) is 0 Å². The molecular weight excluding hydrogens is 316 g/mol. The smallest absolute Gasteiger partial charge is 0.319 e. The molecular formula is C19H16N4O2. The Labute approximate surface area is 143 Å². The Bertz CT molecular complexity index is 1040. The summed E-state index contributed by atoms with van der Waals surface area (Å²) in [5.74, 6) is 0.844. The third-order valence-corrected chi connectivity index (χ3v) is 3.97. The van der Waals surface area contributed by atoms with Gasteiger partial charge >= 0.3 is 6.03 Å². The van der Waals surface area contributed by atoms with Gasteiger partial charge in [0.05, 0.1) is 23.3 Å². The second-order valence-corrected chi connectivity index (χ2v) is 5.72. The van der Waals surface area contributed by atoms with E-state index in [0.717, 1.165) is 21.8 Å². The molecule has 0 saturated carbocycles. The number of phenolic OH excluding ortho intramolecular Hbond substituents is 1. The summed E-state index contributed by atoms with van der Waals surface area (Å²) in [4.78, 5) is 19.8. The average Bonchev–Trinajstić information content (AvgIpc) is 3.03. The Kier molecular flexibility index (Phi) is 3.70. The van der Waals surface area contributed by atoms with Gasteiger partial charge in [0.2, 0.25) is 0 Å². The number of phenols is 1. The molecule has 0 saturated heterocycles. The normalized spacial score (nSPS) is 10.9. The Morgan fingerprint density at radius 1 is 1.08 bits per heavy atom. The van der Waals surface area contributed by atoms with Crippen molar-refractivity contribution in [2.24, 2.45) is 0 Å². The molecule has 4 rings (SSSR count). The first-order valence-corrected chi connectivity index (χ1v) is 7.89. The summed E-state index contributed by atoms with van der Waals surface area (Å²) < 4.78 is 0. The molecule has 1 aromatic heterocycles. The number of hydrogen-bond acceptors (Lipinski definition) is 3. The van der Waals surface area contributed by atoms with E-state index in [1.807, 2.05) is 42.5 Å². The van der Waals surface area contributed by atoms with Gasteiger partial charge in [-0.05, 0) is 35.7 Å². The van der Waals surface area contributed by atoms with Gasteiger partial charge in [-0.15, -0.1) is 0 Å². The molecule has 0 atom stereocenters. The highest BCUT2D eigenvalue weighted by Crippen LogP contribution is 2.26. The van der Waals surface area contributed by atoms with Crippen molar-refractivity contribution in [3.63, 3.8) is 0 Å². The minimum Gasteiger partial charge on any atom is -0.508 e. The van der Waals surface area contributed by atoms with Crippen LogP contribution in [0.25, 0.3) is 21.8 Å². The van der Waals surface area contributed by atoms with Gasteiger partial charge in [-0.1, -0.05) is 30.3 Å². The van der Waals surface area contributed by atoms with Crippen LogP contribution in [-0.2, 0) is 6.54 Å². The molecule has 4 N–H and O–H groups in total. The lowest BCUT2D eigenvalue weighted by molar-refractivity contribution is 0.251. The Morgan fingerprint density at radius 3 is 2.84 bits per heavy atom. The van der Waals surface area contributed by atoms with Crippen molar-refractivity contribution < 1.29 is 9.90 Å². The van der Waals surface area contributed by atoms with E-state index < -0.39 is 0 Å². The number of para-hydroxylation sites is 2. The molecule has 0 spiro atoms. The zero-order valence-electron chi connectivity index (χ0n) is 13.3. The number of H-pyrrole nitrogens is 1. The van der Waals surface area contributed by atoms with Gasteiger partial charge in [0, 0.05) is 5.39 Å². The molecule has 0 aliphatic rings. The van der Waals surface area contributed by atoms with E-state index in [1.54, 1.807) is 18.2 Å². The zero-order valence-corrected chi connectivity index (χ0v) is 13.3. The maximum absolute atomic E-state index is 12.2. The molecule has 4 aromatic rings. The van der Waals surface area contributed by atoms with E-state index >= 15 is 0 Å². The highest BCUT2D eigenvalue weighted by atomic mass is 16.3. The van der Waals surface area contributed by atoms with Crippen molar-refractivity contribution in [1.82, 2.24) is 15.3 Å². The van der Waals surface area contributed by atoms with Gasteiger partial charge in [-0.3, -0.25) is 0 Å². The number of rotatable bonds is 3. The summed E-state index contributed by atoms with van der Waals surface area (Å²) in [6, 6.07) is 18.0. The number of imidazole rings is 1. The Hall–Kier alpha value is -3.54. The summed E-state index contributed by atoms with van der Waals surface area (Å²) in [5, 5.41) is 17.0. The largest absolute Gasteiger partial charge is 0.508 e. The number of aromatic amines is 1. The molecule has 6 nitrogen and oxygen atoms in total. The monoisotopic (exact) mass is 332 g/mol. The molecule has 0 fully saturated rings. The summed E-state index contributed by atoms with van der Waals surface area (Å²) in [6.07, 6.45) is 0. The number of amides is 2. The Balaban J connectivity index is 1.48. The molecule has 0 bridgehead atoms. The van der Waals surface area contributed by atoms with Gasteiger partial charge in [0.25, 0.3) is 0 Å². The maximum Gasteiger partial charge on any atom is 0.319 e. The van der Waals surface area contributed by atoms with E-state index in [9.17, 15) is 9.90 Å². The highest BCUT2D eigenvalue weighted by molar-refractivity contribution is 6.02. The summed E-state index contributed by atoms with van der Waals surface area (Å²) in [7, 11) is 0. The van der Waals surface area contributed by atoms with Crippen molar-refractivity contribution in [2.45, 2.75) is 6.54 Å². The SMILES string of the molecule is O=C(NCc1nc2ccccc2[nH]1)Nc1cccc2ccc(O)cc12. The molecule has 0 aliphatic heterocycles. The van der Waals surface area contributed by atoms with Crippen LogP contribution in [0.15, 0.2) is 60.7 Å². The van der Waals surface area contributed by atoms with Gasteiger partial charge < -0.3 is 20.7 Å². The van der Waals surface area contributed by atoms with Crippen LogP contribution >= 0.6 is 0 Å². The molecule has 1 heterocycles. The minimum atomic E-state index is -0.337. The fourth-order valence-electron chi connectivity index (χ4n) is 2.79. The number of aromatic hydroxyl groups is 1. The van der Waals surface area contributed by atoms with Crippen LogP contribution in [0.2, 0.25) is 0 Å². The van der Waals surface area contributed by atoms with Gasteiger partial charge in [-0.2, -0.15) is 0 Å². The average molecular weight is 332 g/mol. The summed E-state index contributed by atoms with van der Waals surface area (Å²) in [5.41, 5.74) is 2.43. The lowest BCUT2D eigenvalue weighted by atomic mass is 10.1. The number of nitrogens with zero attached hydrogens (tertiary/aromatic N) is 1. The van der Waals surface area contributed by atoms with Crippen LogP contribution in [0.1, 0.15) is 5.82 Å². The third-order valence-electron chi connectivity index (χ3n) is 3.97. The van der Waals surface area contributed by atoms with Crippen LogP contribution in [-0.4, -0.2) is 21.1 Å². The molecule has 0 aliphatic carbocycles. The van der Waals surface area contributed by atoms with Crippen LogP contribution in [0.5, 0.6) is 5.75 Å². The highest BCUT2D eigenvalue weighted by Gasteiger charge is 2.08. The van der Waals surface area contributed by atoms with E-state index in [-0.39, 0.29) is 18.3 Å². The topological polar surface area (TPSA) is 90.0 Å². The second kappa shape index (κ2) is 6.16. The van der Waals surface area contributed by atoms with E-state index in [0.29, 0.717) is 11.5 Å². The molecule has 0 unspecified atom stereocenters. The molecule has 3 aromatic carbocycles. The number of hydrogen-bond donors (Lipinski definition) is 4. The summed E-state index contributed by atoms with van der Waals surface area (Å²) in [6.45, 7) is 0.288. The van der Waals surface area contributed by atoms with Crippen molar-refractivity contribution in [2.75, 3.05) is 5.32 Å². The molecule has 6 heteroatoms. The van der Waals surface area contributed by atoms with E-state index in [2.05, 4.69) is 20.6 Å². The number of urea groups is 1. The van der Waals surface area contributed by atoms with Gasteiger partial charge in [0.1, 0.15) is 11.6 Å². The minimum absolute atomic E-state index is 0.157. The molecule has 124 valence electrons. The fraction of sp³-hybridized carbons (Fsp3) is 0.0526. The third kappa shape index (κ3) is 3.10. The van der Waals surface area contributed by atoms with Crippen molar-refractivity contribution in [3.05, 3.63) is 66.5 Å². The number of aromatic nitrogens is 2. The van der Waals surface area contributed by atoms with Crippen molar-refractivity contribution in [3.8, 4) is 5.75 Å². The molecule has 2 amide bonds. The quantitative estimate of drug-likeness (QED) is 0.461. The standard InChI is InChI=1S/C19H16N4O2/c24-13-9-8-12-4-3-7-15(14(12)10-13)23-19(25)20-11-18-21-16-5-1-2-6-17(16)22-18/h1-10,24H,11H2,(H,21,22)(H2,20,23,25). The predicted molar refractivity (Wildman–Crippen MR) is 97.6 cm³/mol. The Morgan fingerprint density at radius 2 is 1.96 bits per heavy atom. The second-order valence-electron chi connectivity index (χ2n) is 5.72. The number of benzene rings is 3. The number of nitrogens with one attached hydrogen (secondary N) is 3. The first kappa shape index (κ1) is 15.0. The lowest BCUT2D eigenvalue weighted by Crippen LogP contribution is -2.28. The van der Waals surface area contributed by atoms with Crippen LogP contribution < -0.4 is 10.6 Å². The van der Waals surface area contributed by atoms with Crippen LogP contribution in [0, 0.1) is 0 Å². The summed E-state index contributed by atoms with van der Waals surface area (Å²) >= 11 is 0. The molecule has 25 heavy (non-hydrogen) atoms. The molecule has 0 radical (unpaired) electrons. The number of carbonyl (C=O) groups excluding carboxylic acids is 1. The van der Waals surface area contributed by atoms with E-state index in [4.69, 9.17) is 0 Å². The number of anilines is 1. The van der Waals surface area contributed by atoms with Crippen molar-refractivity contribution >= 4 is 33.5 Å². The lowest BCUT2D eigenvalue weighted by Gasteiger charge is -2.10. The fourth-order valence-corrected chi connectivity index (χ4v) is 2.79.